The molecular formula is C25H24N4O2. The first kappa shape index (κ1) is 20.3. The normalized spacial score (nSPS) is 19.2. The Bertz CT molecular complexity index is 1110. The largest absolute Gasteiger partial charge is 0.856 e. The summed E-state index contributed by atoms with van der Waals surface area (Å²) in [5.74, 6) is -0.674. The van der Waals surface area contributed by atoms with Gasteiger partial charge in [0.1, 0.15) is 6.04 Å². The Labute approximate surface area is 181 Å². The number of hydrogen-bond donors (Lipinski definition) is 1. The number of nitrogens with zero attached hydrogens (tertiary/aromatic N) is 3. The lowest BCUT2D eigenvalue weighted by Gasteiger charge is -2.20. The topological polar surface area (TPSA) is 70.8 Å². The van der Waals surface area contributed by atoms with Crippen LogP contribution < -0.4 is 15.3 Å². The summed E-state index contributed by atoms with van der Waals surface area (Å²) < 4.78 is 1.65. The van der Waals surface area contributed by atoms with E-state index in [1.807, 2.05) is 85.9 Å². The van der Waals surface area contributed by atoms with Gasteiger partial charge in [0.2, 0.25) is 12.3 Å². The van der Waals surface area contributed by atoms with E-state index in [0.29, 0.717) is 5.56 Å². The van der Waals surface area contributed by atoms with E-state index in [0.717, 1.165) is 16.8 Å². The van der Waals surface area contributed by atoms with Gasteiger partial charge in [-0.2, -0.15) is 0 Å². The van der Waals surface area contributed by atoms with Crippen molar-refractivity contribution >= 4 is 23.7 Å². The minimum atomic E-state index is -0.785. The van der Waals surface area contributed by atoms with E-state index in [9.17, 15) is 9.90 Å². The smallest absolute Gasteiger partial charge is 0.252 e. The number of anilines is 1. The fourth-order valence-electron chi connectivity index (χ4n) is 3.60. The molecule has 0 aliphatic carbocycles. The summed E-state index contributed by atoms with van der Waals surface area (Å²) >= 11 is 0. The van der Waals surface area contributed by atoms with Crippen LogP contribution in [-0.2, 0) is 0 Å². The van der Waals surface area contributed by atoms with Crippen LogP contribution in [0.5, 0.6) is 0 Å². The highest BCUT2D eigenvalue weighted by Crippen LogP contribution is 2.27. The number of amides is 1. The third kappa shape index (κ3) is 4.48. The zero-order valence-electron chi connectivity index (χ0n) is 17.5. The highest BCUT2D eigenvalue weighted by atomic mass is 16.3. The molecule has 0 saturated carbocycles. The maximum Gasteiger partial charge on any atom is 0.252 e. The summed E-state index contributed by atoms with van der Waals surface area (Å²) in [6, 6.07) is 25.3. The summed E-state index contributed by atoms with van der Waals surface area (Å²) in [5, 5.41) is 19.9. The van der Waals surface area contributed by atoms with E-state index in [-0.39, 0.29) is 11.8 Å². The lowest BCUT2D eigenvalue weighted by molar-refractivity contribution is -0.565. The van der Waals surface area contributed by atoms with E-state index >= 15 is 0 Å². The predicted octanol–water partition coefficient (Wildman–Crippen LogP) is 2.41. The van der Waals surface area contributed by atoms with Gasteiger partial charge in [0, 0.05) is 36.5 Å². The van der Waals surface area contributed by atoms with Crippen molar-refractivity contribution in [2.45, 2.75) is 12.1 Å². The molecule has 2 atom stereocenters. The second-order valence-electron chi connectivity index (χ2n) is 7.61. The molecule has 0 bridgehead atoms. The van der Waals surface area contributed by atoms with Gasteiger partial charge in [0.25, 0.3) is 5.91 Å². The predicted molar refractivity (Wildman–Crippen MR) is 121 cm³/mol. The highest BCUT2D eigenvalue weighted by molar-refractivity contribution is 5.97. The van der Waals surface area contributed by atoms with E-state index in [1.165, 1.54) is 0 Å². The Balaban J connectivity index is 1.68. The van der Waals surface area contributed by atoms with Crippen LogP contribution in [0.3, 0.4) is 0 Å². The molecule has 4 rings (SSSR count). The van der Waals surface area contributed by atoms with Crippen LogP contribution in [0.4, 0.5) is 5.69 Å². The average molecular weight is 412 g/mol. The second-order valence-corrected chi connectivity index (χ2v) is 7.61. The van der Waals surface area contributed by atoms with Gasteiger partial charge in [-0.3, -0.25) is 4.79 Å². The van der Waals surface area contributed by atoms with Crippen LogP contribution in [-0.4, -0.2) is 42.8 Å². The molecule has 1 N–H and O–H groups in total. The molecule has 6 nitrogen and oxygen atoms in total. The lowest BCUT2D eigenvalue weighted by atomic mass is 9.99. The molecule has 1 heterocycles. The van der Waals surface area contributed by atoms with E-state index in [1.54, 1.807) is 28.9 Å². The van der Waals surface area contributed by atoms with Crippen molar-refractivity contribution < 1.29 is 14.6 Å². The molecule has 0 fully saturated rings. The first-order valence-electron chi connectivity index (χ1n) is 10.1. The number of carbonyl (C=O) groups is 1. The molecule has 1 aliphatic rings. The number of rotatable bonds is 5. The lowest BCUT2D eigenvalue weighted by Crippen LogP contribution is -2.47. The van der Waals surface area contributed by atoms with Crippen LogP contribution in [0.2, 0.25) is 0 Å². The van der Waals surface area contributed by atoms with E-state index < -0.39 is 12.1 Å². The third-order valence-electron chi connectivity index (χ3n) is 5.24. The van der Waals surface area contributed by atoms with Gasteiger partial charge in [-0.15, -0.1) is 0 Å². The molecule has 156 valence electrons. The van der Waals surface area contributed by atoms with Crippen molar-refractivity contribution in [2.24, 2.45) is 5.10 Å². The molecule has 31 heavy (non-hydrogen) atoms. The molecule has 0 radical (unpaired) electrons. The third-order valence-corrected chi connectivity index (χ3v) is 5.24. The Hall–Kier alpha value is -3.93. The van der Waals surface area contributed by atoms with Crippen molar-refractivity contribution in [1.82, 2.24) is 5.32 Å². The fraction of sp³-hybridized carbons (Fsp3) is 0.160. The maximum atomic E-state index is 12.8. The van der Waals surface area contributed by atoms with Gasteiger partial charge in [0.05, 0.1) is 5.90 Å². The minimum Gasteiger partial charge on any atom is -0.856 e. The number of benzene rings is 3. The Morgan fingerprint density at radius 3 is 2.19 bits per heavy atom. The molecule has 3 aromatic carbocycles. The molecule has 0 unspecified atom stereocenters. The molecular weight excluding hydrogens is 388 g/mol. The number of nitrogens with one attached hydrogen (secondary N) is 1. The molecule has 3 aromatic rings. The molecule has 0 saturated heterocycles. The summed E-state index contributed by atoms with van der Waals surface area (Å²) in [5.41, 5.74) is 3.40. The Morgan fingerprint density at radius 1 is 0.968 bits per heavy atom. The highest BCUT2D eigenvalue weighted by Gasteiger charge is 2.41. The van der Waals surface area contributed by atoms with Crippen LogP contribution >= 0.6 is 0 Å². The minimum absolute atomic E-state index is 0.299. The zero-order valence-corrected chi connectivity index (χ0v) is 17.5. The summed E-state index contributed by atoms with van der Waals surface area (Å²) in [6.45, 7) is 0. The second kappa shape index (κ2) is 8.83. The number of carbonyl (C=O) groups excluding carboxylic acids is 1. The molecule has 0 aromatic heterocycles. The molecule has 0 spiro atoms. The first-order valence-corrected chi connectivity index (χ1v) is 10.1. The van der Waals surface area contributed by atoms with Crippen molar-refractivity contribution in [3.8, 4) is 0 Å². The zero-order chi connectivity index (χ0) is 21.8. The van der Waals surface area contributed by atoms with E-state index in [2.05, 4.69) is 10.4 Å². The van der Waals surface area contributed by atoms with Gasteiger partial charge < -0.3 is 15.3 Å². The van der Waals surface area contributed by atoms with Crippen molar-refractivity contribution in [3.63, 3.8) is 0 Å². The van der Waals surface area contributed by atoms with E-state index in [4.69, 9.17) is 0 Å². The van der Waals surface area contributed by atoms with Crippen LogP contribution in [0.1, 0.15) is 27.5 Å². The van der Waals surface area contributed by atoms with Gasteiger partial charge in [-0.25, -0.2) is 0 Å². The van der Waals surface area contributed by atoms with Gasteiger partial charge in [-0.1, -0.05) is 53.2 Å². The standard InChI is InChI=1S/C25H24N4O2/c1-28(2)21-15-13-18(14-16-21)17-29-23(19-9-5-3-6-10-19)22(25(31)27-29)26-24(30)20-11-7-4-8-12-20/h3-17,22-23H,1-2H3,(H-,26,27,30,31)/t22-,23-/m0/s1. The van der Waals surface area contributed by atoms with Crippen LogP contribution in [0.25, 0.3) is 0 Å². The molecule has 1 amide bonds. The van der Waals surface area contributed by atoms with Crippen molar-refractivity contribution in [1.29, 1.82) is 0 Å². The van der Waals surface area contributed by atoms with Crippen LogP contribution in [0, 0.1) is 0 Å². The van der Waals surface area contributed by atoms with Crippen molar-refractivity contribution in [3.05, 3.63) is 102 Å². The van der Waals surface area contributed by atoms with Crippen LogP contribution in [0.15, 0.2) is 90.0 Å². The van der Waals surface area contributed by atoms with Gasteiger partial charge >= 0.3 is 0 Å². The van der Waals surface area contributed by atoms with Gasteiger partial charge in [0.15, 0.2) is 0 Å². The maximum absolute atomic E-state index is 12.8. The summed E-state index contributed by atoms with van der Waals surface area (Å²) in [7, 11) is 3.97. The Morgan fingerprint density at radius 2 is 1.58 bits per heavy atom. The Kier molecular flexibility index (Phi) is 5.80. The molecule has 1 aliphatic heterocycles. The molecule has 6 heteroatoms. The SMILES string of the molecule is CN(C)c1ccc(/C=[N+]2\N=C([O-])[C@@H](NC(=O)c3ccccc3)[C@@H]2c2ccccc2)cc1. The average Bonchev–Trinajstić information content (AvgIpc) is 3.09. The van der Waals surface area contributed by atoms with Crippen molar-refractivity contribution in [2.75, 3.05) is 19.0 Å². The number of hydrazone groups is 1. The quantitative estimate of drug-likeness (QED) is 0.655. The summed E-state index contributed by atoms with van der Waals surface area (Å²) in [6.07, 6.45) is 1.84. The fourth-order valence-corrected chi connectivity index (χ4v) is 3.60. The summed E-state index contributed by atoms with van der Waals surface area (Å²) in [4.78, 5) is 14.8. The first-order chi connectivity index (χ1) is 15.0. The number of hydrogen-bond acceptors (Lipinski definition) is 4. The van der Waals surface area contributed by atoms with Gasteiger partial charge in [-0.05, 0) is 41.5 Å². The monoisotopic (exact) mass is 412 g/mol.